The van der Waals surface area contributed by atoms with Crippen LogP contribution in [0, 0.1) is 0 Å². The first-order valence-electron chi connectivity index (χ1n) is 6.67. The van der Waals surface area contributed by atoms with Gasteiger partial charge in [-0.1, -0.05) is 15.9 Å². The van der Waals surface area contributed by atoms with Gasteiger partial charge in [-0.05, 0) is 32.2 Å². The van der Waals surface area contributed by atoms with Crippen molar-refractivity contribution in [2.75, 3.05) is 32.0 Å². The summed E-state index contributed by atoms with van der Waals surface area (Å²) in [7, 11) is 2.02. The van der Waals surface area contributed by atoms with Crippen LogP contribution >= 0.6 is 15.9 Å². The Kier molecular flexibility index (Phi) is 4.84. The summed E-state index contributed by atoms with van der Waals surface area (Å²) in [6.45, 7) is 4.22. The van der Waals surface area contributed by atoms with Crippen molar-refractivity contribution >= 4 is 33.6 Å². The molecule has 1 atom stereocenters. The molecule has 1 unspecified atom stereocenters. The molecule has 0 aliphatic carbocycles. The number of benzene rings is 1. The molecule has 1 saturated heterocycles. The van der Waals surface area contributed by atoms with Crippen molar-refractivity contribution < 1.29 is 14.7 Å². The number of carboxylic acid groups (broad SMARTS) is 1. The standard InChI is InChI=1S/C14H18BrN3O3/c1-9-8-17(2)5-6-18(9)14(21)16-12-7-10(15)3-4-11(12)13(19)20/h3-4,7,9H,5-6,8H2,1-2H3,(H,16,21)(H,19,20). The van der Waals surface area contributed by atoms with E-state index in [0.29, 0.717) is 16.7 Å². The molecular formula is C14H18BrN3O3. The summed E-state index contributed by atoms with van der Waals surface area (Å²) < 4.78 is 0.717. The van der Waals surface area contributed by atoms with Gasteiger partial charge in [0.2, 0.25) is 0 Å². The lowest BCUT2D eigenvalue weighted by atomic mass is 10.1. The molecule has 0 bridgehead atoms. The van der Waals surface area contributed by atoms with Crippen LogP contribution in [0.2, 0.25) is 0 Å². The Balaban J connectivity index is 2.16. The largest absolute Gasteiger partial charge is 0.478 e. The average Bonchev–Trinajstić information content (AvgIpc) is 2.37. The quantitative estimate of drug-likeness (QED) is 0.853. The Labute approximate surface area is 131 Å². The Morgan fingerprint density at radius 3 is 2.71 bits per heavy atom. The summed E-state index contributed by atoms with van der Waals surface area (Å²) in [6, 6.07) is 4.52. The predicted octanol–water partition coefficient (Wildman–Crippen LogP) is 2.32. The highest BCUT2D eigenvalue weighted by Crippen LogP contribution is 2.22. The number of anilines is 1. The number of hydrogen-bond acceptors (Lipinski definition) is 3. The molecule has 0 saturated carbocycles. The van der Waals surface area contributed by atoms with E-state index in [1.165, 1.54) is 6.07 Å². The van der Waals surface area contributed by atoms with Gasteiger partial charge in [-0.2, -0.15) is 0 Å². The number of hydrogen-bond donors (Lipinski definition) is 2. The van der Waals surface area contributed by atoms with Crippen molar-refractivity contribution in [3.8, 4) is 0 Å². The Hall–Kier alpha value is -1.60. The lowest BCUT2D eigenvalue weighted by Gasteiger charge is -2.38. The molecule has 114 valence electrons. The number of rotatable bonds is 2. The maximum absolute atomic E-state index is 12.4. The van der Waals surface area contributed by atoms with Crippen molar-refractivity contribution in [1.82, 2.24) is 9.80 Å². The van der Waals surface area contributed by atoms with Gasteiger partial charge >= 0.3 is 12.0 Å². The second-order valence-electron chi connectivity index (χ2n) is 5.23. The van der Waals surface area contributed by atoms with Crippen LogP contribution < -0.4 is 5.32 Å². The van der Waals surface area contributed by atoms with E-state index in [4.69, 9.17) is 0 Å². The van der Waals surface area contributed by atoms with E-state index in [-0.39, 0.29) is 17.6 Å². The van der Waals surface area contributed by atoms with Crippen LogP contribution in [0.5, 0.6) is 0 Å². The third-order valence-electron chi connectivity index (χ3n) is 3.55. The summed E-state index contributed by atoms with van der Waals surface area (Å²) in [4.78, 5) is 27.5. The lowest BCUT2D eigenvalue weighted by molar-refractivity contribution is 0.0698. The molecule has 1 aromatic carbocycles. The fourth-order valence-electron chi connectivity index (χ4n) is 2.43. The number of nitrogens with one attached hydrogen (secondary N) is 1. The van der Waals surface area contributed by atoms with Gasteiger partial charge in [0, 0.05) is 30.1 Å². The van der Waals surface area contributed by atoms with E-state index in [1.54, 1.807) is 17.0 Å². The van der Waals surface area contributed by atoms with Gasteiger partial charge in [0.25, 0.3) is 0 Å². The third-order valence-corrected chi connectivity index (χ3v) is 4.04. The van der Waals surface area contributed by atoms with Crippen LogP contribution in [0.1, 0.15) is 17.3 Å². The summed E-state index contributed by atoms with van der Waals surface area (Å²) in [5.41, 5.74) is 0.376. The van der Waals surface area contributed by atoms with Gasteiger partial charge in [0.15, 0.2) is 0 Å². The number of likely N-dealkylation sites (N-methyl/N-ethyl adjacent to an activating group) is 1. The lowest BCUT2D eigenvalue weighted by Crippen LogP contribution is -2.54. The van der Waals surface area contributed by atoms with Crippen LogP contribution in [-0.2, 0) is 0 Å². The number of halogens is 1. The third kappa shape index (κ3) is 3.74. The minimum Gasteiger partial charge on any atom is -0.478 e. The molecule has 2 rings (SSSR count). The van der Waals surface area contributed by atoms with Crippen LogP contribution in [0.15, 0.2) is 22.7 Å². The highest BCUT2D eigenvalue weighted by Gasteiger charge is 2.26. The highest BCUT2D eigenvalue weighted by molar-refractivity contribution is 9.10. The number of aromatic carboxylic acids is 1. The van der Waals surface area contributed by atoms with Crippen LogP contribution in [0.4, 0.5) is 10.5 Å². The van der Waals surface area contributed by atoms with E-state index in [0.717, 1.165) is 13.1 Å². The number of carbonyl (C=O) groups excluding carboxylic acids is 1. The fourth-order valence-corrected chi connectivity index (χ4v) is 2.80. The van der Waals surface area contributed by atoms with E-state index in [9.17, 15) is 14.7 Å². The van der Waals surface area contributed by atoms with Crippen LogP contribution in [-0.4, -0.2) is 59.6 Å². The Morgan fingerprint density at radius 2 is 2.10 bits per heavy atom. The molecule has 1 heterocycles. The summed E-state index contributed by atoms with van der Waals surface area (Å²) in [5, 5.41) is 11.9. The van der Waals surface area contributed by atoms with Gasteiger partial charge in [0.05, 0.1) is 11.3 Å². The smallest absolute Gasteiger partial charge is 0.337 e. The van der Waals surface area contributed by atoms with Gasteiger partial charge in [0.1, 0.15) is 0 Å². The predicted molar refractivity (Wildman–Crippen MR) is 83.8 cm³/mol. The van der Waals surface area contributed by atoms with E-state index in [1.807, 2.05) is 14.0 Å². The van der Waals surface area contributed by atoms with Gasteiger partial charge in [-0.3, -0.25) is 0 Å². The zero-order valence-corrected chi connectivity index (χ0v) is 13.6. The molecule has 1 aliphatic heterocycles. The minimum atomic E-state index is -1.07. The summed E-state index contributed by atoms with van der Waals surface area (Å²) in [6.07, 6.45) is 0. The topological polar surface area (TPSA) is 72.9 Å². The van der Waals surface area contributed by atoms with E-state index >= 15 is 0 Å². The zero-order valence-electron chi connectivity index (χ0n) is 12.0. The average molecular weight is 356 g/mol. The molecule has 0 aromatic heterocycles. The van der Waals surface area contributed by atoms with Crippen molar-refractivity contribution in [1.29, 1.82) is 0 Å². The van der Waals surface area contributed by atoms with Crippen molar-refractivity contribution in [3.05, 3.63) is 28.2 Å². The molecule has 1 fully saturated rings. The normalized spacial score (nSPS) is 19.4. The number of nitrogens with zero attached hydrogens (tertiary/aromatic N) is 2. The van der Waals surface area contributed by atoms with Gasteiger partial charge in [-0.25, -0.2) is 9.59 Å². The first kappa shape index (κ1) is 15.8. The van der Waals surface area contributed by atoms with Crippen molar-refractivity contribution in [2.45, 2.75) is 13.0 Å². The molecular weight excluding hydrogens is 338 g/mol. The van der Waals surface area contributed by atoms with Gasteiger partial charge in [-0.15, -0.1) is 0 Å². The molecule has 0 spiro atoms. The molecule has 7 heteroatoms. The van der Waals surface area contributed by atoms with Crippen LogP contribution in [0.3, 0.4) is 0 Å². The van der Waals surface area contributed by atoms with Crippen molar-refractivity contribution in [3.63, 3.8) is 0 Å². The molecule has 2 N–H and O–H groups in total. The SMILES string of the molecule is CC1CN(C)CCN1C(=O)Nc1cc(Br)ccc1C(=O)O. The van der Waals surface area contributed by atoms with Crippen LogP contribution in [0.25, 0.3) is 0 Å². The first-order valence-corrected chi connectivity index (χ1v) is 7.47. The number of amides is 2. The van der Waals surface area contributed by atoms with E-state index < -0.39 is 5.97 Å². The second kappa shape index (κ2) is 6.44. The maximum atomic E-state index is 12.4. The molecule has 1 aromatic rings. The first-order chi connectivity index (χ1) is 9.88. The number of carbonyl (C=O) groups is 2. The molecule has 21 heavy (non-hydrogen) atoms. The number of piperazine rings is 1. The second-order valence-corrected chi connectivity index (χ2v) is 6.15. The van der Waals surface area contributed by atoms with Gasteiger partial charge < -0.3 is 20.2 Å². The highest BCUT2D eigenvalue weighted by atomic mass is 79.9. The number of carboxylic acids is 1. The molecule has 0 radical (unpaired) electrons. The van der Waals surface area contributed by atoms with Crippen molar-refractivity contribution in [2.24, 2.45) is 0 Å². The minimum absolute atomic E-state index is 0.0772. The zero-order chi connectivity index (χ0) is 15.6. The summed E-state index contributed by atoms with van der Waals surface area (Å²) >= 11 is 3.29. The number of urea groups is 1. The fraction of sp³-hybridized carbons (Fsp3) is 0.429. The molecule has 6 nitrogen and oxygen atoms in total. The molecule has 2 amide bonds. The monoisotopic (exact) mass is 355 g/mol. The summed E-state index contributed by atoms with van der Waals surface area (Å²) in [5.74, 6) is -1.07. The Bertz CT molecular complexity index is 564. The Morgan fingerprint density at radius 1 is 1.38 bits per heavy atom. The van der Waals surface area contributed by atoms with E-state index in [2.05, 4.69) is 26.1 Å². The molecule has 1 aliphatic rings. The maximum Gasteiger partial charge on any atom is 0.337 e.